The number of carbonyl (C=O) groups is 1. The highest BCUT2D eigenvalue weighted by atomic mass is 35.5. The Hall–Kier alpha value is -3.50. The van der Waals surface area contributed by atoms with Crippen LogP contribution in [0.1, 0.15) is 27.7 Å². The first-order chi connectivity index (χ1) is 14.2. The number of aromatic nitrogens is 1. The van der Waals surface area contributed by atoms with Gasteiger partial charge in [-0.3, -0.25) is 4.79 Å². The van der Waals surface area contributed by atoms with E-state index in [1.165, 1.54) is 6.26 Å². The molecule has 0 unspecified atom stereocenters. The number of hydrogen-bond acceptors (Lipinski definition) is 6. The minimum Gasteiger partial charge on any atom is -0.459 e. The van der Waals surface area contributed by atoms with Crippen molar-refractivity contribution >= 4 is 35.5 Å². The lowest BCUT2D eigenvalue weighted by Crippen LogP contribution is -2.48. The van der Waals surface area contributed by atoms with Crippen molar-refractivity contribution in [3.05, 3.63) is 70.6 Å². The van der Waals surface area contributed by atoms with Gasteiger partial charge in [0.1, 0.15) is 6.07 Å². The Labute approximate surface area is 172 Å². The van der Waals surface area contributed by atoms with Crippen LogP contribution in [0.15, 0.2) is 51.5 Å². The van der Waals surface area contributed by atoms with Gasteiger partial charge in [0.15, 0.2) is 5.76 Å². The van der Waals surface area contributed by atoms with Gasteiger partial charge in [-0.05, 0) is 29.8 Å². The number of carbonyl (C=O) groups excluding carboxylic acids is 1. The van der Waals surface area contributed by atoms with Crippen molar-refractivity contribution in [1.82, 2.24) is 9.88 Å². The van der Waals surface area contributed by atoms with Crippen molar-refractivity contribution in [2.45, 2.75) is 0 Å². The normalized spacial score (nSPS) is 14.3. The van der Waals surface area contributed by atoms with Gasteiger partial charge in [-0.15, -0.1) is 0 Å². The minimum atomic E-state index is -0.143. The Bertz CT molecular complexity index is 1070. The largest absolute Gasteiger partial charge is 0.459 e. The zero-order valence-electron chi connectivity index (χ0n) is 15.4. The summed E-state index contributed by atoms with van der Waals surface area (Å²) in [5.74, 6) is 0.917. The topological polar surface area (TPSA) is 86.5 Å². The fraction of sp³-hybridized carbons (Fsp3) is 0.190. The molecule has 8 heteroatoms. The molecule has 0 N–H and O–H groups in total. The maximum absolute atomic E-state index is 12.4. The molecule has 4 rings (SSSR count). The second kappa shape index (κ2) is 8.25. The standard InChI is InChI=1S/C21H17ClN4O3/c22-16-5-2-1-4-15(16)7-8-19-24-17(14-23)21(29-19)26-11-9-25(10-12-26)20(27)18-6-3-13-28-18/h1-8,13H,9-12H2. The second-order valence-electron chi connectivity index (χ2n) is 6.43. The molecule has 0 atom stereocenters. The molecule has 0 aliphatic carbocycles. The Kier molecular flexibility index (Phi) is 5.36. The summed E-state index contributed by atoms with van der Waals surface area (Å²) in [6, 6.07) is 12.8. The number of hydrogen-bond donors (Lipinski definition) is 0. The highest BCUT2D eigenvalue weighted by molar-refractivity contribution is 6.32. The smallest absolute Gasteiger partial charge is 0.289 e. The summed E-state index contributed by atoms with van der Waals surface area (Å²) in [5, 5.41) is 10.1. The van der Waals surface area contributed by atoms with Crippen molar-refractivity contribution in [2.24, 2.45) is 0 Å². The number of furan rings is 1. The Morgan fingerprint density at radius 1 is 1.14 bits per heavy atom. The molecule has 0 radical (unpaired) electrons. The van der Waals surface area contributed by atoms with Crippen LogP contribution in [0.2, 0.25) is 5.02 Å². The van der Waals surface area contributed by atoms with Crippen LogP contribution in [-0.4, -0.2) is 42.0 Å². The third-order valence-corrected chi connectivity index (χ3v) is 4.97. The van der Waals surface area contributed by atoms with Gasteiger partial charge >= 0.3 is 0 Å². The maximum Gasteiger partial charge on any atom is 0.289 e. The molecular weight excluding hydrogens is 392 g/mol. The van der Waals surface area contributed by atoms with E-state index in [4.69, 9.17) is 20.4 Å². The van der Waals surface area contributed by atoms with Gasteiger partial charge in [0.2, 0.25) is 17.5 Å². The molecule has 29 heavy (non-hydrogen) atoms. The number of nitrogens with zero attached hydrogens (tertiary/aromatic N) is 4. The zero-order valence-corrected chi connectivity index (χ0v) is 16.2. The summed E-state index contributed by atoms with van der Waals surface area (Å²) in [6.45, 7) is 2.06. The summed E-state index contributed by atoms with van der Waals surface area (Å²) >= 11 is 6.15. The summed E-state index contributed by atoms with van der Waals surface area (Å²) in [4.78, 5) is 20.3. The predicted molar refractivity (Wildman–Crippen MR) is 108 cm³/mol. The molecule has 1 fully saturated rings. The Morgan fingerprint density at radius 3 is 2.62 bits per heavy atom. The number of rotatable bonds is 4. The van der Waals surface area contributed by atoms with E-state index >= 15 is 0 Å². The Morgan fingerprint density at radius 2 is 1.93 bits per heavy atom. The van der Waals surface area contributed by atoms with E-state index in [1.54, 1.807) is 35.3 Å². The van der Waals surface area contributed by atoms with Crippen LogP contribution in [0, 0.1) is 11.3 Å². The molecular formula is C21H17ClN4O3. The van der Waals surface area contributed by atoms with E-state index in [-0.39, 0.29) is 11.6 Å². The molecule has 1 amide bonds. The fourth-order valence-corrected chi connectivity index (χ4v) is 3.33. The Balaban J connectivity index is 1.46. The number of piperazine rings is 1. The van der Waals surface area contributed by atoms with Crippen LogP contribution in [-0.2, 0) is 0 Å². The van der Waals surface area contributed by atoms with Gasteiger partial charge in [-0.2, -0.15) is 10.2 Å². The van der Waals surface area contributed by atoms with E-state index in [9.17, 15) is 10.1 Å². The van der Waals surface area contributed by atoms with Crippen LogP contribution in [0.4, 0.5) is 5.88 Å². The molecule has 1 saturated heterocycles. The first kappa shape index (κ1) is 18.8. The molecule has 146 valence electrons. The summed E-state index contributed by atoms with van der Waals surface area (Å²) < 4.78 is 11.0. The summed E-state index contributed by atoms with van der Waals surface area (Å²) in [5.41, 5.74) is 1.05. The van der Waals surface area contributed by atoms with Crippen molar-refractivity contribution < 1.29 is 13.6 Å². The molecule has 3 heterocycles. The molecule has 0 saturated carbocycles. The number of nitriles is 1. The molecule has 0 bridgehead atoms. The number of amides is 1. The highest BCUT2D eigenvalue weighted by Crippen LogP contribution is 2.25. The molecule has 7 nitrogen and oxygen atoms in total. The third kappa shape index (κ3) is 4.03. The zero-order chi connectivity index (χ0) is 20.2. The van der Waals surface area contributed by atoms with Crippen LogP contribution >= 0.6 is 11.6 Å². The van der Waals surface area contributed by atoms with Crippen LogP contribution < -0.4 is 4.90 Å². The van der Waals surface area contributed by atoms with Gasteiger partial charge in [0.05, 0.1) is 6.26 Å². The number of halogens is 1. The predicted octanol–water partition coefficient (Wildman–Crippen LogP) is 3.93. The molecule has 1 aliphatic heterocycles. The van der Waals surface area contributed by atoms with Crippen molar-refractivity contribution in [1.29, 1.82) is 5.26 Å². The van der Waals surface area contributed by atoms with Gasteiger partial charge in [-0.25, -0.2) is 0 Å². The average molecular weight is 409 g/mol. The summed E-state index contributed by atoms with van der Waals surface area (Å²) in [6.07, 6.45) is 4.95. The molecule has 2 aromatic heterocycles. The fourth-order valence-electron chi connectivity index (χ4n) is 3.13. The van der Waals surface area contributed by atoms with Crippen LogP contribution in [0.25, 0.3) is 12.2 Å². The van der Waals surface area contributed by atoms with Crippen LogP contribution in [0.3, 0.4) is 0 Å². The second-order valence-corrected chi connectivity index (χ2v) is 6.84. The van der Waals surface area contributed by atoms with E-state index in [0.717, 1.165) is 5.56 Å². The monoisotopic (exact) mass is 408 g/mol. The lowest BCUT2D eigenvalue weighted by Gasteiger charge is -2.34. The first-order valence-corrected chi connectivity index (χ1v) is 9.45. The number of benzene rings is 1. The molecule has 1 aliphatic rings. The lowest BCUT2D eigenvalue weighted by atomic mass is 10.2. The van der Waals surface area contributed by atoms with Gasteiger partial charge in [0.25, 0.3) is 5.91 Å². The van der Waals surface area contributed by atoms with Crippen molar-refractivity contribution in [2.75, 3.05) is 31.1 Å². The number of anilines is 1. The highest BCUT2D eigenvalue weighted by Gasteiger charge is 2.27. The quantitative estimate of drug-likeness (QED) is 0.650. The van der Waals surface area contributed by atoms with Gasteiger partial charge in [0, 0.05) is 37.3 Å². The van der Waals surface area contributed by atoms with E-state index in [2.05, 4.69) is 11.1 Å². The van der Waals surface area contributed by atoms with E-state index < -0.39 is 0 Å². The summed E-state index contributed by atoms with van der Waals surface area (Å²) in [7, 11) is 0. The van der Waals surface area contributed by atoms with Crippen molar-refractivity contribution in [3.8, 4) is 6.07 Å². The van der Waals surface area contributed by atoms with Crippen LogP contribution in [0.5, 0.6) is 0 Å². The minimum absolute atomic E-state index is 0.143. The van der Waals surface area contributed by atoms with E-state index in [0.29, 0.717) is 48.7 Å². The van der Waals surface area contributed by atoms with Gasteiger partial charge < -0.3 is 18.6 Å². The van der Waals surface area contributed by atoms with E-state index in [1.807, 2.05) is 23.1 Å². The van der Waals surface area contributed by atoms with Gasteiger partial charge in [-0.1, -0.05) is 29.8 Å². The average Bonchev–Trinajstić information content (AvgIpc) is 3.43. The first-order valence-electron chi connectivity index (χ1n) is 9.07. The molecule has 3 aromatic rings. The lowest BCUT2D eigenvalue weighted by molar-refractivity contribution is 0.0713. The molecule has 1 aromatic carbocycles. The third-order valence-electron chi connectivity index (χ3n) is 4.63. The SMILES string of the molecule is N#Cc1nc(C=Cc2ccccc2Cl)oc1N1CCN(C(=O)c2ccco2)CC1. The van der Waals surface area contributed by atoms with Crippen molar-refractivity contribution in [3.63, 3.8) is 0 Å². The molecule has 0 spiro atoms. The maximum atomic E-state index is 12.4. The number of oxazole rings is 1.